The second-order valence-electron chi connectivity index (χ2n) is 4.97. The van der Waals surface area contributed by atoms with E-state index in [2.05, 4.69) is 29.0 Å². The normalized spacial score (nSPS) is 21.2. The number of nitrogens with two attached hydrogens (primary N) is 1. The van der Waals surface area contributed by atoms with E-state index in [1.807, 2.05) is 0 Å². The number of hydrogen-bond acceptors (Lipinski definition) is 3. The van der Waals surface area contributed by atoms with Crippen molar-refractivity contribution in [3.8, 4) is 0 Å². The predicted octanol–water partition coefficient (Wildman–Crippen LogP) is 2.51. The van der Waals surface area contributed by atoms with Crippen LogP contribution in [-0.2, 0) is 0 Å². The highest BCUT2D eigenvalue weighted by Gasteiger charge is 2.23. The summed E-state index contributed by atoms with van der Waals surface area (Å²) in [5.41, 5.74) is 6.12. The summed E-state index contributed by atoms with van der Waals surface area (Å²) >= 11 is 0. The van der Waals surface area contributed by atoms with Crippen LogP contribution in [0.5, 0.6) is 0 Å². The minimum atomic E-state index is -0.0311. The highest BCUT2D eigenvalue weighted by Crippen LogP contribution is 2.32. The third-order valence-electron chi connectivity index (χ3n) is 3.82. The van der Waals surface area contributed by atoms with Gasteiger partial charge in [-0.2, -0.15) is 5.10 Å². The molecule has 1 aliphatic carbocycles. The Kier molecular flexibility index (Phi) is 3.59. The van der Waals surface area contributed by atoms with Gasteiger partial charge in [-0.05, 0) is 18.8 Å². The topological polar surface area (TPSA) is 67.6 Å². The van der Waals surface area contributed by atoms with Crippen LogP contribution in [0.2, 0.25) is 0 Å². The first-order valence-electron chi connectivity index (χ1n) is 6.40. The molecule has 0 aliphatic heterocycles. The first-order chi connectivity index (χ1) is 7.72. The van der Waals surface area contributed by atoms with Gasteiger partial charge >= 0.3 is 0 Å². The van der Waals surface area contributed by atoms with Gasteiger partial charge < -0.3 is 5.73 Å². The molecule has 4 heteroatoms. The zero-order valence-corrected chi connectivity index (χ0v) is 10.2. The van der Waals surface area contributed by atoms with Gasteiger partial charge in [0.2, 0.25) is 0 Å². The molecule has 0 radical (unpaired) electrons. The van der Waals surface area contributed by atoms with Gasteiger partial charge in [0.1, 0.15) is 5.82 Å². The zero-order valence-electron chi connectivity index (χ0n) is 10.2. The molecule has 1 aromatic heterocycles. The molecular formula is C12H22N4. The second kappa shape index (κ2) is 4.95. The fourth-order valence-corrected chi connectivity index (χ4v) is 2.33. The van der Waals surface area contributed by atoms with Crippen molar-refractivity contribution in [2.75, 3.05) is 0 Å². The molecule has 0 saturated heterocycles. The van der Waals surface area contributed by atoms with Crippen LogP contribution in [0.3, 0.4) is 0 Å². The lowest BCUT2D eigenvalue weighted by Gasteiger charge is -2.14. The Hall–Kier alpha value is -0.900. The summed E-state index contributed by atoms with van der Waals surface area (Å²) in [5, 5.41) is 7.34. The van der Waals surface area contributed by atoms with Crippen molar-refractivity contribution in [1.29, 1.82) is 0 Å². The molecule has 3 N–H and O–H groups in total. The van der Waals surface area contributed by atoms with Crippen molar-refractivity contribution >= 4 is 0 Å². The van der Waals surface area contributed by atoms with Crippen LogP contribution >= 0.6 is 0 Å². The number of hydrogen-bond donors (Lipinski definition) is 2. The second-order valence-corrected chi connectivity index (χ2v) is 4.97. The average molecular weight is 222 g/mol. The molecular weight excluding hydrogens is 200 g/mol. The standard InChI is InChI=1S/C12H22N4/c1-3-8(2)10(13)12-14-11(15-16-12)9-6-4-5-7-9/h8-10H,3-7,13H2,1-2H3,(H,14,15,16)/t8-,10-/m0/s1. The molecule has 1 aromatic rings. The lowest BCUT2D eigenvalue weighted by atomic mass is 10.00. The molecule has 1 saturated carbocycles. The summed E-state index contributed by atoms with van der Waals surface area (Å²) in [6.07, 6.45) is 6.19. The lowest BCUT2D eigenvalue weighted by molar-refractivity contribution is 0.439. The Labute approximate surface area is 97.0 Å². The molecule has 2 atom stereocenters. The fraction of sp³-hybridized carbons (Fsp3) is 0.833. The Balaban J connectivity index is 2.06. The van der Waals surface area contributed by atoms with Crippen LogP contribution in [0.15, 0.2) is 0 Å². The molecule has 0 aromatic carbocycles. The summed E-state index contributed by atoms with van der Waals surface area (Å²) in [7, 11) is 0. The summed E-state index contributed by atoms with van der Waals surface area (Å²) < 4.78 is 0. The minimum absolute atomic E-state index is 0.0311. The van der Waals surface area contributed by atoms with Gasteiger partial charge in [-0.1, -0.05) is 33.1 Å². The fourth-order valence-electron chi connectivity index (χ4n) is 2.33. The van der Waals surface area contributed by atoms with Crippen molar-refractivity contribution in [3.05, 3.63) is 11.6 Å². The molecule has 1 fully saturated rings. The molecule has 1 heterocycles. The van der Waals surface area contributed by atoms with Gasteiger partial charge in [0.25, 0.3) is 0 Å². The summed E-state index contributed by atoms with van der Waals surface area (Å²) in [6.45, 7) is 4.30. The number of nitrogens with one attached hydrogen (secondary N) is 1. The van der Waals surface area contributed by atoms with Crippen molar-refractivity contribution < 1.29 is 0 Å². The van der Waals surface area contributed by atoms with E-state index in [4.69, 9.17) is 5.73 Å². The number of aromatic amines is 1. The van der Waals surface area contributed by atoms with Gasteiger partial charge in [-0.15, -0.1) is 0 Å². The summed E-state index contributed by atoms with van der Waals surface area (Å²) in [6, 6.07) is -0.0311. The lowest BCUT2D eigenvalue weighted by Crippen LogP contribution is -2.20. The number of aromatic nitrogens is 3. The van der Waals surface area contributed by atoms with Crippen LogP contribution in [0.1, 0.15) is 69.6 Å². The van der Waals surface area contributed by atoms with Gasteiger partial charge in [0, 0.05) is 5.92 Å². The van der Waals surface area contributed by atoms with Crippen LogP contribution < -0.4 is 5.73 Å². The van der Waals surface area contributed by atoms with Crippen molar-refractivity contribution in [2.45, 2.75) is 57.9 Å². The molecule has 0 unspecified atom stereocenters. The highest BCUT2D eigenvalue weighted by molar-refractivity contribution is 5.03. The summed E-state index contributed by atoms with van der Waals surface area (Å²) in [4.78, 5) is 4.57. The quantitative estimate of drug-likeness (QED) is 0.822. The Bertz CT molecular complexity index is 328. The Morgan fingerprint density at radius 3 is 2.75 bits per heavy atom. The van der Waals surface area contributed by atoms with E-state index in [9.17, 15) is 0 Å². The summed E-state index contributed by atoms with van der Waals surface area (Å²) in [5.74, 6) is 2.86. The molecule has 4 nitrogen and oxygen atoms in total. The minimum Gasteiger partial charge on any atom is -0.321 e. The SMILES string of the molecule is CC[C@H](C)[C@H](N)c1n[nH]c(C2CCCC2)n1. The molecule has 0 amide bonds. The van der Waals surface area contributed by atoms with Gasteiger partial charge in [0.05, 0.1) is 6.04 Å². The first-order valence-corrected chi connectivity index (χ1v) is 6.40. The highest BCUT2D eigenvalue weighted by atomic mass is 15.2. The molecule has 2 rings (SSSR count). The number of H-pyrrole nitrogens is 1. The van der Waals surface area contributed by atoms with E-state index in [0.717, 1.165) is 18.1 Å². The maximum atomic E-state index is 6.12. The van der Waals surface area contributed by atoms with Crippen LogP contribution in [0.4, 0.5) is 0 Å². The van der Waals surface area contributed by atoms with Crippen molar-refractivity contribution in [2.24, 2.45) is 11.7 Å². The van der Waals surface area contributed by atoms with Crippen molar-refractivity contribution in [3.63, 3.8) is 0 Å². The van der Waals surface area contributed by atoms with E-state index in [0.29, 0.717) is 11.8 Å². The third kappa shape index (κ3) is 2.26. The first kappa shape index (κ1) is 11.6. The predicted molar refractivity (Wildman–Crippen MR) is 64.0 cm³/mol. The molecule has 90 valence electrons. The maximum Gasteiger partial charge on any atom is 0.167 e. The van der Waals surface area contributed by atoms with E-state index >= 15 is 0 Å². The Morgan fingerprint density at radius 1 is 1.44 bits per heavy atom. The smallest absolute Gasteiger partial charge is 0.167 e. The van der Waals surface area contributed by atoms with Crippen LogP contribution in [0.25, 0.3) is 0 Å². The molecule has 1 aliphatic rings. The number of rotatable bonds is 4. The van der Waals surface area contributed by atoms with Crippen LogP contribution in [0, 0.1) is 5.92 Å². The molecule has 0 bridgehead atoms. The molecule has 0 spiro atoms. The van der Waals surface area contributed by atoms with E-state index in [-0.39, 0.29) is 6.04 Å². The van der Waals surface area contributed by atoms with Gasteiger partial charge in [-0.25, -0.2) is 4.98 Å². The number of nitrogens with zero attached hydrogens (tertiary/aromatic N) is 2. The van der Waals surface area contributed by atoms with E-state index < -0.39 is 0 Å². The van der Waals surface area contributed by atoms with Crippen molar-refractivity contribution in [1.82, 2.24) is 15.2 Å². The van der Waals surface area contributed by atoms with E-state index in [1.165, 1.54) is 25.7 Å². The largest absolute Gasteiger partial charge is 0.321 e. The average Bonchev–Trinajstić information content (AvgIpc) is 2.96. The van der Waals surface area contributed by atoms with Gasteiger partial charge in [-0.3, -0.25) is 5.10 Å². The monoisotopic (exact) mass is 222 g/mol. The van der Waals surface area contributed by atoms with E-state index in [1.54, 1.807) is 0 Å². The Morgan fingerprint density at radius 2 is 2.12 bits per heavy atom. The van der Waals surface area contributed by atoms with Crippen LogP contribution in [-0.4, -0.2) is 15.2 Å². The maximum absolute atomic E-state index is 6.12. The zero-order chi connectivity index (χ0) is 11.5. The third-order valence-corrected chi connectivity index (χ3v) is 3.82. The van der Waals surface area contributed by atoms with Gasteiger partial charge in [0.15, 0.2) is 5.82 Å². The molecule has 16 heavy (non-hydrogen) atoms.